The number of hydrogen-bond donors (Lipinski definition) is 1. The lowest BCUT2D eigenvalue weighted by Crippen LogP contribution is -2.48. The number of nitrogens with one attached hydrogen (secondary N) is 1. The molecule has 0 atom stereocenters. The fraction of sp³-hybridized carbons (Fsp3) is 0.379. The molecule has 7 nitrogen and oxygen atoms in total. The number of carbonyl (C=O) groups excluding carboxylic acids is 2. The van der Waals surface area contributed by atoms with E-state index in [1.54, 1.807) is 16.2 Å². The van der Waals surface area contributed by atoms with Gasteiger partial charge in [-0.3, -0.25) is 9.69 Å². The maximum atomic E-state index is 13.7. The molecule has 2 aromatic carbocycles. The summed E-state index contributed by atoms with van der Waals surface area (Å²) in [5, 5.41) is 5.07. The van der Waals surface area contributed by atoms with Crippen molar-refractivity contribution in [3.63, 3.8) is 0 Å². The van der Waals surface area contributed by atoms with E-state index in [4.69, 9.17) is 4.74 Å². The van der Waals surface area contributed by atoms with E-state index in [0.29, 0.717) is 39.4 Å². The number of benzene rings is 2. The molecule has 2 heterocycles. The fourth-order valence-electron chi connectivity index (χ4n) is 4.31. The van der Waals surface area contributed by atoms with Crippen LogP contribution in [0.2, 0.25) is 0 Å². The molecule has 1 aromatic heterocycles. The van der Waals surface area contributed by atoms with Crippen LogP contribution in [0, 0.1) is 13.8 Å². The van der Waals surface area contributed by atoms with Gasteiger partial charge in [0, 0.05) is 43.3 Å². The van der Waals surface area contributed by atoms with Gasteiger partial charge in [0.25, 0.3) is 0 Å². The monoisotopic (exact) mass is 520 g/mol. The Labute approximate surface area is 223 Å². The van der Waals surface area contributed by atoms with Crippen LogP contribution in [0.1, 0.15) is 21.6 Å². The Morgan fingerprint density at radius 1 is 0.946 bits per heavy atom. The molecular formula is C29H36N4O3S. The smallest absolute Gasteiger partial charge is 0.322 e. The van der Waals surface area contributed by atoms with E-state index in [1.165, 1.54) is 0 Å². The molecule has 1 fully saturated rings. The number of aryl methyl sites for hydroxylation is 1. The molecule has 0 unspecified atom stereocenters. The van der Waals surface area contributed by atoms with E-state index in [2.05, 4.69) is 10.2 Å². The summed E-state index contributed by atoms with van der Waals surface area (Å²) in [7, 11) is 0. The first-order valence-electron chi connectivity index (χ1n) is 12.8. The van der Waals surface area contributed by atoms with Gasteiger partial charge in [-0.25, -0.2) is 4.79 Å². The SMILES string of the molecule is Cc1cccc(NC(=O)N(CCN2CCOCC2)CC(=O)N(Cc2ccccc2)Cc2cccs2)c1C. The minimum atomic E-state index is -0.258. The Morgan fingerprint density at radius 3 is 2.46 bits per heavy atom. The molecule has 0 bridgehead atoms. The molecule has 37 heavy (non-hydrogen) atoms. The number of ether oxygens (including phenoxy) is 1. The predicted molar refractivity (Wildman–Crippen MR) is 149 cm³/mol. The van der Waals surface area contributed by atoms with Gasteiger partial charge in [0.2, 0.25) is 5.91 Å². The van der Waals surface area contributed by atoms with Gasteiger partial charge in [0.15, 0.2) is 0 Å². The molecule has 0 aliphatic carbocycles. The van der Waals surface area contributed by atoms with Crippen molar-refractivity contribution in [2.24, 2.45) is 0 Å². The molecule has 196 valence electrons. The lowest BCUT2D eigenvalue weighted by molar-refractivity contribution is -0.133. The van der Waals surface area contributed by atoms with E-state index in [-0.39, 0.29) is 18.5 Å². The van der Waals surface area contributed by atoms with E-state index in [1.807, 2.05) is 84.8 Å². The lowest BCUT2D eigenvalue weighted by atomic mass is 10.1. The number of amides is 3. The second kappa shape index (κ2) is 13.4. The third-order valence-electron chi connectivity index (χ3n) is 6.75. The highest BCUT2D eigenvalue weighted by atomic mass is 32.1. The largest absolute Gasteiger partial charge is 0.379 e. The molecule has 1 saturated heterocycles. The van der Waals surface area contributed by atoms with Crippen LogP contribution in [-0.4, -0.2) is 72.6 Å². The first-order valence-corrected chi connectivity index (χ1v) is 13.6. The van der Waals surface area contributed by atoms with Crippen LogP contribution in [-0.2, 0) is 22.6 Å². The van der Waals surface area contributed by atoms with Crippen molar-refractivity contribution in [1.82, 2.24) is 14.7 Å². The predicted octanol–water partition coefficient (Wildman–Crippen LogP) is 4.76. The summed E-state index contributed by atoms with van der Waals surface area (Å²) < 4.78 is 5.47. The molecule has 4 rings (SSSR count). The van der Waals surface area contributed by atoms with Crippen molar-refractivity contribution in [3.05, 3.63) is 87.6 Å². The summed E-state index contributed by atoms with van der Waals surface area (Å²) in [4.78, 5) is 34.1. The summed E-state index contributed by atoms with van der Waals surface area (Å²) in [6.07, 6.45) is 0. The first-order chi connectivity index (χ1) is 18.0. The zero-order valence-corrected chi connectivity index (χ0v) is 22.5. The Bertz CT molecular complexity index is 1150. The third kappa shape index (κ3) is 7.89. The van der Waals surface area contributed by atoms with Crippen LogP contribution >= 0.6 is 11.3 Å². The average Bonchev–Trinajstić information content (AvgIpc) is 3.43. The van der Waals surface area contributed by atoms with Crippen molar-refractivity contribution in [1.29, 1.82) is 0 Å². The Hall–Kier alpha value is -3.20. The van der Waals surface area contributed by atoms with Gasteiger partial charge in [0.1, 0.15) is 6.54 Å². The van der Waals surface area contributed by atoms with Gasteiger partial charge >= 0.3 is 6.03 Å². The summed E-state index contributed by atoms with van der Waals surface area (Å²) >= 11 is 1.63. The van der Waals surface area contributed by atoms with E-state index >= 15 is 0 Å². The number of urea groups is 1. The number of rotatable bonds is 10. The molecular weight excluding hydrogens is 484 g/mol. The standard InChI is InChI=1S/C29H36N4O3S/c1-23-8-6-12-27(24(23)2)30-29(35)32(14-13-31-15-17-36-18-16-31)22-28(34)33(21-26-11-7-19-37-26)20-25-9-4-3-5-10-25/h3-12,19H,13-18,20-22H2,1-2H3,(H,30,35). The van der Waals surface area contributed by atoms with Crippen LogP contribution in [0.4, 0.5) is 10.5 Å². The second-order valence-corrected chi connectivity index (χ2v) is 10.4. The maximum Gasteiger partial charge on any atom is 0.322 e. The third-order valence-corrected chi connectivity index (χ3v) is 7.61. The molecule has 3 aromatic rings. The van der Waals surface area contributed by atoms with Crippen LogP contribution in [0.5, 0.6) is 0 Å². The van der Waals surface area contributed by atoms with Crippen LogP contribution in [0.3, 0.4) is 0 Å². The maximum absolute atomic E-state index is 13.7. The number of anilines is 1. The summed E-state index contributed by atoms with van der Waals surface area (Å²) in [5.74, 6) is -0.0738. The van der Waals surface area contributed by atoms with Gasteiger partial charge in [-0.15, -0.1) is 11.3 Å². The van der Waals surface area contributed by atoms with Crippen molar-refractivity contribution >= 4 is 29.0 Å². The van der Waals surface area contributed by atoms with E-state index in [9.17, 15) is 9.59 Å². The Kier molecular flexibility index (Phi) is 9.71. The van der Waals surface area contributed by atoms with Crippen LogP contribution < -0.4 is 5.32 Å². The molecule has 0 spiro atoms. The van der Waals surface area contributed by atoms with Gasteiger partial charge in [-0.1, -0.05) is 48.5 Å². The normalized spacial score (nSPS) is 13.8. The summed E-state index contributed by atoms with van der Waals surface area (Å²) in [6.45, 7) is 9.25. The van der Waals surface area contributed by atoms with Gasteiger partial charge in [-0.05, 0) is 48.1 Å². The van der Waals surface area contributed by atoms with Crippen LogP contribution in [0.15, 0.2) is 66.0 Å². The number of morpholine rings is 1. The molecule has 0 radical (unpaired) electrons. The van der Waals surface area contributed by atoms with Gasteiger partial charge in [0.05, 0.1) is 19.8 Å². The lowest BCUT2D eigenvalue weighted by Gasteiger charge is -2.31. The quantitative estimate of drug-likeness (QED) is 0.419. The van der Waals surface area contributed by atoms with Crippen molar-refractivity contribution in [2.75, 3.05) is 51.3 Å². The molecule has 8 heteroatoms. The topological polar surface area (TPSA) is 65.1 Å². The zero-order valence-electron chi connectivity index (χ0n) is 21.7. The minimum Gasteiger partial charge on any atom is -0.379 e. The highest BCUT2D eigenvalue weighted by Crippen LogP contribution is 2.19. The number of hydrogen-bond acceptors (Lipinski definition) is 5. The summed E-state index contributed by atoms with van der Waals surface area (Å²) in [6, 6.07) is 19.6. The minimum absolute atomic E-state index is 0.0131. The molecule has 3 amide bonds. The molecule has 1 N–H and O–H groups in total. The van der Waals surface area contributed by atoms with Crippen LogP contribution in [0.25, 0.3) is 0 Å². The zero-order chi connectivity index (χ0) is 26.0. The summed E-state index contributed by atoms with van der Waals surface area (Å²) in [5.41, 5.74) is 3.97. The number of nitrogens with zero attached hydrogens (tertiary/aromatic N) is 3. The van der Waals surface area contributed by atoms with Crippen molar-refractivity contribution in [3.8, 4) is 0 Å². The highest BCUT2D eigenvalue weighted by Gasteiger charge is 2.24. The Morgan fingerprint density at radius 2 is 1.73 bits per heavy atom. The van der Waals surface area contributed by atoms with Crippen molar-refractivity contribution in [2.45, 2.75) is 26.9 Å². The molecule has 1 aliphatic heterocycles. The second-order valence-electron chi connectivity index (χ2n) is 9.37. The van der Waals surface area contributed by atoms with E-state index < -0.39 is 0 Å². The van der Waals surface area contributed by atoms with Gasteiger partial charge in [-0.2, -0.15) is 0 Å². The highest BCUT2D eigenvalue weighted by molar-refractivity contribution is 7.09. The Balaban J connectivity index is 1.50. The molecule has 0 saturated carbocycles. The number of carbonyl (C=O) groups is 2. The van der Waals surface area contributed by atoms with Gasteiger partial charge < -0.3 is 19.9 Å². The number of thiophene rings is 1. The van der Waals surface area contributed by atoms with E-state index in [0.717, 1.165) is 40.3 Å². The fourth-order valence-corrected chi connectivity index (χ4v) is 5.03. The molecule has 1 aliphatic rings. The first kappa shape index (κ1) is 26.9. The van der Waals surface area contributed by atoms with Crippen molar-refractivity contribution < 1.29 is 14.3 Å². The average molecular weight is 521 g/mol.